The number of hydrogen-bond acceptors (Lipinski definition) is 3. The van der Waals surface area contributed by atoms with Crippen LogP contribution >= 0.6 is 0 Å². The van der Waals surface area contributed by atoms with Gasteiger partial charge in [-0.1, -0.05) is 44.5 Å². The van der Waals surface area contributed by atoms with Gasteiger partial charge < -0.3 is 11.1 Å². The quantitative estimate of drug-likeness (QED) is 0.759. The molecule has 1 aliphatic rings. The number of nitrogens with two attached hydrogens (primary N) is 1. The molecule has 0 aliphatic carbocycles. The highest BCUT2D eigenvalue weighted by Gasteiger charge is 2.32. The first-order chi connectivity index (χ1) is 12.0. The molecule has 2 rings (SSSR count). The van der Waals surface area contributed by atoms with Gasteiger partial charge in [-0.3, -0.25) is 9.69 Å². The van der Waals surface area contributed by atoms with E-state index in [1.54, 1.807) is 0 Å². The summed E-state index contributed by atoms with van der Waals surface area (Å²) in [6.45, 7) is 9.59. The molecule has 4 heteroatoms. The van der Waals surface area contributed by atoms with Crippen molar-refractivity contribution < 1.29 is 4.79 Å². The van der Waals surface area contributed by atoms with E-state index >= 15 is 0 Å². The van der Waals surface area contributed by atoms with Crippen molar-refractivity contribution in [2.45, 2.75) is 72.0 Å². The molecule has 1 aliphatic heterocycles. The predicted octanol–water partition coefficient (Wildman–Crippen LogP) is 3.44. The van der Waals surface area contributed by atoms with Gasteiger partial charge in [-0.15, -0.1) is 0 Å². The fraction of sp³-hybridized carbons (Fsp3) is 0.667. The maximum absolute atomic E-state index is 12.5. The largest absolute Gasteiger partial charge is 0.352 e. The molecule has 0 radical (unpaired) electrons. The lowest BCUT2D eigenvalue weighted by atomic mass is 9.81. The van der Waals surface area contributed by atoms with Gasteiger partial charge in [0, 0.05) is 25.7 Å². The first-order valence-corrected chi connectivity index (χ1v) is 9.85. The smallest absolute Gasteiger partial charge is 0.227 e. The van der Waals surface area contributed by atoms with Crippen LogP contribution in [-0.2, 0) is 17.9 Å². The molecule has 0 spiro atoms. The lowest BCUT2D eigenvalue weighted by molar-refractivity contribution is -0.131. The van der Waals surface area contributed by atoms with Crippen molar-refractivity contribution >= 4 is 5.91 Å². The Kier molecular flexibility index (Phi) is 7.45. The maximum atomic E-state index is 12.5. The second kappa shape index (κ2) is 9.35. The zero-order valence-corrected chi connectivity index (χ0v) is 16.2. The lowest BCUT2D eigenvalue weighted by Gasteiger charge is -2.33. The Labute approximate surface area is 153 Å². The van der Waals surface area contributed by atoms with Gasteiger partial charge in [0.25, 0.3) is 0 Å². The Hall–Kier alpha value is -1.39. The number of hydrogen-bond donors (Lipinski definition) is 2. The van der Waals surface area contributed by atoms with Crippen LogP contribution in [0.2, 0.25) is 0 Å². The highest BCUT2D eigenvalue weighted by atomic mass is 16.2. The zero-order chi connectivity index (χ0) is 18.3. The van der Waals surface area contributed by atoms with Crippen molar-refractivity contribution in [1.29, 1.82) is 0 Å². The minimum absolute atomic E-state index is 0.0752. The van der Waals surface area contributed by atoms with Crippen molar-refractivity contribution in [3.05, 3.63) is 35.4 Å². The molecule has 1 saturated heterocycles. The summed E-state index contributed by atoms with van der Waals surface area (Å²) in [7, 11) is 0. The van der Waals surface area contributed by atoms with Gasteiger partial charge in [0.1, 0.15) is 0 Å². The first kappa shape index (κ1) is 19.9. The summed E-state index contributed by atoms with van der Waals surface area (Å²) in [6, 6.07) is 9.33. The van der Waals surface area contributed by atoms with Crippen LogP contribution in [0.25, 0.3) is 0 Å². The summed E-state index contributed by atoms with van der Waals surface area (Å²) >= 11 is 0. The molecule has 140 valence electrons. The maximum Gasteiger partial charge on any atom is 0.227 e. The Morgan fingerprint density at radius 3 is 2.40 bits per heavy atom. The third kappa shape index (κ3) is 5.05. The minimum Gasteiger partial charge on any atom is -0.352 e. The fourth-order valence-electron chi connectivity index (χ4n) is 3.71. The predicted molar refractivity (Wildman–Crippen MR) is 104 cm³/mol. The molecular formula is C21H35N3O. The van der Waals surface area contributed by atoms with Gasteiger partial charge in [0.15, 0.2) is 0 Å². The molecule has 1 amide bonds. The zero-order valence-electron chi connectivity index (χ0n) is 16.2. The molecular weight excluding hydrogens is 310 g/mol. The molecule has 3 N–H and O–H groups in total. The fourth-order valence-corrected chi connectivity index (χ4v) is 3.71. The van der Waals surface area contributed by atoms with E-state index in [1.807, 2.05) is 13.8 Å². The number of likely N-dealkylation sites (tertiary alicyclic amines) is 1. The summed E-state index contributed by atoms with van der Waals surface area (Å²) in [6.07, 6.45) is 5.53. The van der Waals surface area contributed by atoms with E-state index in [4.69, 9.17) is 5.73 Å². The lowest BCUT2D eigenvalue weighted by Crippen LogP contribution is -2.45. The van der Waals surface area contributed by atoms with Crippen LogP contribution in [0.1, 0.15) is 64.0 Å². The monoisotopic (exact) mass is 345 g/mol. The number of benzene rings is 1. The Morgan fingerprint density at radius 2 is 1.84 bits per heavy atom. The second-order valence-electron chi connectivity index (χ2n) is 7.51. The van der Waals surface area contributed by atoms with E-state index in [9.17, 15) is 4.79 Å². The van der Waals surface area contributed by atoms with E-state index in [0.29, 0.717) is 19.1 Å². The van der Waals surface area contributed by atoms with Crippen LogP contribution in [0.15, 0.2) is 24.3 Å². The molecule has 1 atom stereocenters. The number of rotatable bonds is 8. The molecule has 25 heavy (non-hydrogen) atoms. The molecule has 0 saturated carbocycles. The average Bonchev–Trinajstić information content (AvgIpc) is 2.65. The number of piperidine rings is 1. The molecule has 4 nitrogen and oxygen atoms in total. The van der Waals surface area contributed by atoms with E-state index in [2.05, 4.69) is 41.4 Å². The van der Waals surface area contributed by atoms with Crippen molar-refractivity contribution in [1.82, 2.24) is 10.2 Å². The van der Waals surface area contributed by atoms with Gasteiger partial charge in [0.05, 0.1) is 5.41 Å². The number of nitrogens with one attached hydrogen (secondary N) is 1. The van der Waals surface area contributed by atoms with Crippen molar-refractivity contribution in [3.63, 3.8) is 0 Å². The van der Waals surface area contributed by atoms with Crippen LogP contribution in [0.5, 0.6) is 0 Å². The molecule has 1 fully saturated rings. The van der Waals surface area contributed by atoms with E-state index < -0.39 is 5.41 Å². The highest BCUT2D eigenvalue weighted by Crippen LogP contribution is 2.25. The van der Waals surface area contributed by atoms with Crippen molar-refractivity contribution in [3.8, 4) is 0 Å². The number of amides is 1. The molecule has 0 bridgehead atoms. The van der Waals surface area contributed by atoms with Gasteiger partial charge >= 0.3 is 0 Å². The van der Waals surface area contributed by atoms with E-state index in [1.165, 1.54) is 31.4 Å². The number of nitrogens with zero attached hydrogens (tertiary/aromatic N) is 1. The number of carbonyl (C=O) groups excluding carboxylic acids is 1. The SMILES string of the molecule is CCC(CC)(CN)C(=O)NCc1ccc(CN2CCCCC2C)cc1. The topological polar surface area (TPSA) is 58.4 Å². The summed E-state index contributed by atoms with van der Waals surface area (Å²) in [5.74, 6) is 0.0752. The summed E-state index contributed by atoms with van der Waals surface area (Å²) in [5, 5.41) is 3.07. The summed E-state index contributed by atoms with van der Waals surface area (Å²) in [4.78, 5) is 15.1. The molecule has 1 unspecified atom stereocenters. The molecule has 1 aromatic carbocycles. The first-order valence-electron chi connectivity index (χ1n) is 9.85. The van der Waals surface area contributed by atoms with Crippen molar-refractivity contribution in [2.75, 3.05) is 13.1 Å². The highest BCUT2D eigenvalue weighted by molar-refractivity contribution is 5.82. The molecule has 0 aromatic heterocycles. The van der Waals surface area contributed by atoms with Crippen LogP contribution in [0, 0.1) is 5.41 Å². The second-order valence-corrected chi connectivity index (χ2v) is 7.51. The van der Waals surface area contributed by atoms with E-state index in [-0.39, 0.29) is 5.91 Å². The normalized spacial score (nSPS) is 19.0. The minimum atomic E-state index is -0.426. The van der Waals surface area contributed by atoms with Crippen LogP contribution < -0.4 is 11.1 Å². The number of carbonyl (C=O) groups is 1. The van der Waals surface area contributed by atoms with Gasteiger partial charge in [0.2, 0.25) is 5.91 Å². The standard InChI is InChI=1S/C21H35N3O/c1-4-21(5-2,16-22)20(25)23-14-18-9-11-19(12-10-18)15-24-13-7-6-8-17(24)3/h9-12,17H,4-8,13-16,22H2,1-3H3,(H,23,25). The van der Waals surface area contributed by atoms with Gasteiger partial charge in [-0.05, 0) is 50.3 Å². The van der Waals surface area contributed by atoms with Crippen LogP contribution in [0.3, 0.4) is 0 Å². The average molecular weight is 346 g/mol. The molecule has 1 heterocycles. The third-order valence-electron chi connectivity index (χ3n) is 6.03. The summed E-state index contributed by atoms with van der Waals surface area (Å²) < 4.78 is 0. The Bertz CT molecular complexity index is 528. The van der Waals surface area contributed by atoms with Crippen molar-refractivity contribution in [2.24, 2.45) is 11.1 Å². The Balaban J connectivity index is 1.88. The summed E-state index contributed by atoms with van der Waals surface area (Å²) in [5.41, 5.74) is 7.92. The molecule has 1 aromatic rings. The van der Waals surface area contributed by atoms with E-state index in [0.717, 1.165) is 24.9 Å². The van der Waals surface area contributed by atoms with Gasteiger partial charge in [-0.2, -0.15) is 0 Å². The van der Waals surface area contributed by atoms with Crippen LogP contribution in [0.4, 0.5) is 0 Å². The van der Waals surface area contributed by atoms with Gasteiger partial charge in [-0.25, -0.2) is 0 Å². The Morgan fingerprint density at radius 1 is 1.20 bits per heavy atom. The van der Waals surface area contributed by atoms with Crippen LogP contribution in [-0.4, -0.2) is 29.9 Å². The third-order valence-corrected chi connectivity index (χ3v) is 6.03.